The van der Waals surface area contributed by atoms with Crippen LogP contribution in [0.2, 0.25) is 0 Å². The predicted octanol–water partition coefficient (Wildman–Crippen LogP) is 1.72. The Morgan fingerprint density at radius 3 is 2.96 bits per heavy atom. The van der Waals surface area contributed by atoms with Crippen LogP contribution in [0, 0.1) is 5.92 Å². The number of pyridine rings is 1. The van der Waals surface area contributed by atoms with E-state index in [0.29, 0.717) is 18.2 Å². The molecule has 0 aromatic carbocycles. The standard InChI is InChI=1S/C16H21N5O2S/c1-12(2)8-19-10-16(18-11-19)24(22,23)21-13-4-6-20(9-13)15-7-17-5-3-14(15)21/h3,5,7,10-13H,4,6,8-9H2,1-2H3. The van der Waals surface area contributed by atoms with Gasteiger partial charge < -0.3 is 9.47 Å². The van der Waals surface area contributed by atoms with Gasteiger partial charge in [0, 0.05) is 32.0 Å². The Morgan fingerprint density at radius 2 is 2.17 bits per heavy atom. The number of hydrogen-bond acceptors (Lipinski definition) is 5. The van der Waals surface area contributed by atoms with Crippen molar-refractivity contribution in [3.8, 4) is 0 Å². The van der Waals surface area contributed by atoms with E-state index in [-0.39, 0.29) is 11.1 Å². The van der Waals surface area contributed by atoms with Gasteiger partial charge in [0.2, 0.25) is 0 Å². The fourth-order valence-electron chi connectivity index (χ4n) is 3.58. The van der Waals surface area contributed by atoms with Gasteiger partial charge in [0.05, 0.1) is 29.9 Å². The molecule has 1 saturated heterocycles. The highest BCUT2D eigenvalue weighted by Crippen LogP contribution is 2.41. The van der Waals surface area contributed by atoms with E-state index >= 15 is 0 Å². The lowest BCUT2D eigenvalue weighted by Crippen LogP contribution is -2.45. The van der Waals surface area contributed by atoms with Crippen molar-refractivity contribution in [2.45, 2.75) is 37.9 Å². The molecule has 2 bridgehead atoms. The number of anilines is 2. The maximum absolute atomic E-state index is 13.2. The summed E-state index contributed by atoms with van der Waals surface area (Å²) in [4.78, 5) is 10.5. The van der Waals surface area contributed by atoms with Gasteiger partial charge in [-0.15, -0.1) is 0 Å². The van der Waals surface area contributed by atoms with Gasteiger partial charge in [0.15, 0.2) is 5.03 Å². The molecule has 2 aromatic heterocycles. The Bertz CT molecular complexity index is 861. The summed E-state index contributed by atoms with van der Waals surface area (Å²) in [5, 5.41) is 0.117. The highest BCUT2D eigenvalue weighted by molar-refractivity contribution is 7.92. The summed E-state index contributed by atoms with van der Waals surface area (Å²) >= 11 is 0. The van der Waals surface area contributed by atoms with Crippen molar-refractivity contribution in [1.82, 2.24) is 14.5 Å². The molecule has 1 atom stereocenters. The van der Waals surface area contributed by atoms with Crippen LogP contribution in [0.4, 0.5) is 11.4 Å². The summed E-state index contributed by atoms with van der Waals surface area (Å²) in [5.74, 6) is 0.430. The molecule has 24 heavy (non-hydrogen) atoms. The fourth-order valence-corrected chi connectivity index (χ4v) is 5.21. The van der Waals surface area contributed by atoms with Crippen LogP contribution in [0.15, 0.2) is 36.0 Å². The van der Waals surface area contributed by atoms with Crippen LogP contribution in [0.25, 0.3) is 0 Å². The molecule has 0 aliphatic carbocycles. The quantitative estimate of drug-likeness (QED) is 0.842. The van der Waals surface area contributed by atoms with Crippen molar-refractivity contribution in [3.63, 3.8) is 0 Å². The van der Waals surface area contributed by atoms with E-state index in [1.165, 1.54) is 0 Å². The van der Waals surface area contributed by atoms with Gasteiger partial charge in [0.25, 0.3) is 10.0 Å². The number of aromatic nitrogens is 3. The van der Waals surface area contributed by atoms with Crippen molar-refractivity contribution in [2.75, 3.05) is 22.3 Å². The average Bonchev–Trinajstić information content (AvgIpc) is 3.15. The van der Waals surface area contributed by atoms with E-state index in [0.717, 1.165) is 25.2 Å². The normalized spacial score (nSPS) is 19.9. The third-order valence-electron chi connectivity index (χ3n) is 4.56. The summed E-state index contributed by atoms with van der Waals surface area (Å²) < 4.78 is 29.9. The van der Waals surface area contributed by atoms with Crippen molar-refractivity contribution < 1.29 is 8.42 Å². The predicted molar refractivity (Wildman–Crippen MR) is 91.6 cm³/mol. The molecule has 0 saturated carbocycles. The number of rotatable bonds is 4. The first-order chi connectivity index (χ1) is 11.5. The molecule has 0 spiro atoms. The van der Waals surface area contributed by atoms with Gasteiger partial charge in [-0.2, -0.15) is 8.42 Å². The second-order valence-corrected chi connectivity index (χ2v) is 8.62. The Kier molecular flexibility index (Phi) is 3.52. The Balaban J connectivity index is 1.76. The number of nitrogens with zero attached hydrogens (tertiary/aromatic N) is 5. The molecule has 2 aromatic rings. The number of sulfonamides is 1. The maximum atomic E-state index is 13.2. The first-order valence-corrected chi connectivity index (χ1v) is 9.66. The zero-order valence-corrected chi connectivity index (χ0v) is 14.6. The molecule has 2 aliphatic rings. The summed E-state index contributed by atoms with van der Waals surface area (Å²) in [6, 6.07) is 1.74. The van der Waals surface area contributed by atoms with Gasteiger partial charge in [-0.1, -0.05) is 13.8 Å². The smallest absolute Gasteiger partial charge is 0.283 e. The largest absolute Gasteiger partial charge is 0.366 e. The molecule has 2 aliphatic heterocycles. The molecule has 0 amide bonds. The third kappa shape index (κ3) is 2.36. The van der Waals surface area contributed by atoms with E-state index in [2.05, 4.69) is 28.7 Å². The van der Waals surface area contributed by atoms with E-state index in [1.807, 2.05) is 4.57 Å². The van der Waals surface area contributed by atoms with Crippen LogP contribution in [0.3, 0.4) is 0 Å². The minimum Gasteiger partial charge on any atom is -0.366 e. The van der Waals surface area contributed by atoms with E-state index in [9.17, 15) is 8.42 Å². The molecule has 1 fully saturated rings. The van der Waals surface area contributed by atoms with Crippen LogP contribution in [0.5, 0.6) is 0 Å². The second kappa shape index (κ2) is 5.47. The van der Waals surface area contributed by atoms with Crippen molar-refractivity contribution >= 4 is 21.4 Å². The third-order valence-corrected chi connectivity index (χ3v) is 6.31. The molecule has 0 radical (unpaired) electrons. The van der Waals surface area contributed by atoms with Crippen LogP contribution < -0.4 is 9.21 Å². The van der Waals surface area contributed by atoms with E-state index in [1.54, 1.807) is 35.3 Å². The average molecular weight is 347 g/mol. The lowest BCUT2D eigenvalue weighted by atomic mass is 10.2. The molecule has 0 N–H and O–H groups in total. The monoisotopic (exact) mass is 347 g/mol. The van der Waals surface area contributed by atoms with Gasteiger partial charge in [0.1, 0.15) is 0 Å². The summed E-state index contributed by atoms with van der Waals surface area (Å²) in [6.07, 6.45) is 7.45. The number of hydrogen-bond donors (Lipinski definition) is 0. The summed E-state index contributed by atoms with van der Waals surface area (Å²) in [6.45, 7) is 6.51. The summed E-state index contributed by atoms with van der Waals surface area (Å²) in [7, 11) is -3.68. The van der Waals surface area contributed by atoms with Gasteiger partial charge in [-0.3, -0.25) is 9.29 Å². The van der Waals surface area contributed by atoms with Crippen LogP contribution in [-0.4, -0.2) is 42.1 Å². The first-order valence-electron chi connectivity index (χ1n) is 8.22. The second-order valence-electron chi connectivity index (χ2n) is 6.86. The topological polar surface area (TPSA) is 71.3 Å². The maximum Gasteiger partial charge on any atom is 0.283 e. The molecule has 4 rings (SSSR count). The Labute approximate surface area is 142 Å². The molecule has 128 valence electrons. The molecule has 7 nitrogen and oxygen atoms in total. The minimum atomic E-state index is -3.68. The SMILES string of the molecule is CC(C)Cn1cnc(S(=O)(=O)N2c3ccncc3N3CCC2C3)c1. The lowest BCUT2D eigenvalue weighted by Gasteiger charge is -2.36. The molecule has 1 unspecified atom stereocenters. The minimum absolute atomic E-state index is 0.0415. The zero-order valence-electron chi connectivity index (χ0n) is 13.8. The van der Waals surface area contributed by atoms with Gasteiger partial charge in [-0.25, -0.2) is 4.98 Å². The van der Waals surface area contributed by atoms with Crippen LogP contribution in [-0.2, 0) is 16.6 Å². The molecular formula is C16H21N5O2S. The van der Waals surface area contributed by atoms with E-state index in [4.69, 9.17) is 0 Å². The van der Waals surface area contributed by atoms with Gasteiger partial charge in [-0.05, 0) is 18.4 Å². The number of imidazole rings is 1. The zero-order chi connectivity index (χ0) is 16.9. The van der Waals surface area contributed by atoms with Crippen molar-refractivity contribution in [3.05, 3.63) is 31.0 Å². The lowest BCUT2D eigenvalue weighted by molar-refractivity contribution is 0.521. The molecule has 4 heterocycles. The van der Waals surface area contributed by atoms with Crippen LogP contribution in [0.1, 0.15) is 20.3 Å². The van der Waals surface area contributed by atoms with E-state index < -0.39 is 10.0 Å². The first kappa shape index (κ1) is 15.4. The highest BCUT2D eigenvalue weighted by Gasteiger charge is 2.43. The van der Waals surface area contributed by atoms with Crippen LogP contribution >= 0.6 is 0 Å². The Hall–Kier alpha value is -2.09. The molecular weight excluding hydrogens is 326 g/mol. The Morgan fingerprint density at radius 1 is 1.33 bits per heavy atom. The van der Waals surface area contributed by atoms with Crippen molar-refractivity contribution in [1.29, 1.82) is 0 Å². The molecule has 8 heteroatoms. The number of fused-ring (bicyclic) bond motifs is 4. The summed E-state index contributed by atoms with van der Waals surface area (Å²) in [5.41, 5.74) is 1.59. The fraction of sp³-hybridized carbons (Fsp3) is 0.500. The highest BCUT2D eigenvalue weighted by atomic mass is 32.2. The van der Waals surface area contributed by atoms with Gasteiger partial charge >= 0.3 is 0 Å². The van der Waals surface area contributed by atoms with Crippen molar-refractivity contribution in [2.24, 2.45) is 5.92 Å².